The van der Waals surface area contributed by atoms with E-state index >= 15 is 0 Å². The van der Waals surface area contributed by atoms with E-state index in [1.807, 2.05) is 56.3 Å². The zero-order valence-corrected chi connectivity index (χ0v) is 14.2. The van der Waals surface area contributed by atoms with E-state index in [0.29, 0.717) is 19.0 Å². The van der Waals surface area contributed by atoms with E-state index in [4.69, 9.17) is 14.2 Å². The van der Waals surface area contributed by atoms with Crippen molar-refractivity contribution in [1.82, 2.24) is 10.3 Å². The third-order valence-corrected chi connectivity index (χ3v) is 3.90. The molecule has 1 fully saturated rings. The fraction of sp³-hybridized carbons (Fsp3) is 0.421. The topological polar surface area (TPSA) is 52.6 Å². The molecule has 0 radical (unpaired) electrons. The van der Waals surface area contributed by atoms with Gasteiger partial charge in [-0.15, -0.1) is 0 Å². The molecule has 1 aliphatic heterocycles. The molecule has 3 rings (SSSR count). The minimum Gasteiger partial charge on any atom is -0.490 e. The lowest BCUT2D eigenvalue weighted by atomic mass is 10.1. The zero-order chi connectivity index (χ0) is 16.8. The van der Waals surface area contributed by atoms with Gasteiger partial charge in [0.05, 0.1) is 18.9 Å². The van der Waals surface area contributed by atoms with E-state index in [9.17, 15) is 0 Å². The number of nitrogens with one attached hydrogen (secondary N) is 1. The predicted octanol–water partition coefficient (Wildman–Crippen LogP) is 2.90. The van der Waals surface area contributed by atoms with E-state index in [-0.39, 0.29) is 12.2 Å². The van der Waals surface area contributed by atoms with E-state index in [2.05, 4.69) is 10.3 Å². The maximum absolute atomic E-state index is 6.33. The van der Waals surface area contributed by atoms with Crippen LogP contribution in [-0.2, 0) is 4.74 Å². The summed E-state index contributed by atoms with van der Waals surface area (Å²) in [7, 11) is 0. The van der Waals surface area contributed by atoms with Crippen LogP contribution in [0.4, 0.5) is 0 Å². The molecule has 1 aliphatic rings. The summed E-state index contributed by atoms with van der Waals surface area (Å²) in [6.07, 6.45) is -0.387. The monoisotopic (exact) mass is 328 g/mol. The van der Waals surface area contributed by atoms with Crippen molar-refractivity contribution in [2.24, 2.45) is 0 Å². The number of para-hydroxylation sites is 2. The van der Waals surface area contributed by atoms with Gasteiger partial charge in [0.2, 0.25) is 0 Å². The van der Waals surface area contributed by atoms with Crippen molar-refractivity contribution in [2.75, 3.05) is 26.3 Å². The summed E-state index contributed by atoms with van der Waals surface area (Å²) in [6.45, 7) is 6.80. The molecule has 128 valence electrons. The van der Waals surface area contributed by atoms with Gasteiger partial charge in [0.1, 0.15) is 6.10 Å². The summed E-state index contributed by atoms with van der Waals surface area (Å²) in [5, 5.41) is 3.36. The Balaban J connectivity index is 1.90. The Kier molecular flexibility index (Phi) is 5.67. The summed E-state index contributed by atoms with van der Waals surface area (Å²) in [5.74, 6) is 1.45. The fourth-order valence-electron chi connectivity index (χ4n) is 2.79. The highest BCUT2D eigenvalue weighted by molar-refractivity contribution is 5.40. The second-order valence-electron chi connectivity index (χ2n) is 5.74. The average Bonchev–Trinajstić information content (AvgIpc) is 2.62. The quantitative estimate of drug-likeness (QED) is 0.884. The Bertz CT molecular complexity index is 657. The number of ether oxygens (including phenoxy) is 3. The largest absolute Gasteiger partial charge is 0.490 e. The predicted molar refractivity (Wildman–Crippen MR) is 92.6 cm³/mol. The molecule has 2 unspecified atom stereocenters. The standard InChI is InChI=1S/C19H24N2O3/c1-3-22-16-9-4-5-10-17(16)24-19(18-13-20-11-12-23-18)15-8-6-7-14(2)21-15/h4-10,18-20H,3,11-13H2,1-2H3. The average molecular weight is 328 g/mol. The normalized spacial score (nSPS) is 18.8. The first-order valence-corrected chi connectivity index (χ1v) is 8.42. The van der Waals surface area contributed by atoms with Gasteiger partial charge in [-0.2, -0.15) is 0 Å². The molecule has 1 saturated heterocycles. The molecule has 2 atom stereocenters. The molecule has 0 saturated carbocycles. The van der Waals surface area contributed by atoms with Gasteiger partial charge in [0, 0.05) is 18.8 Å². The molecule has 0 bridgehead atoms. The third kappa shape index (κ3) is 4.04. The van der Waals surface area contributed by atoms with Crippen LogP contribution in [0, 0.1) is 6.92 Å². The molecule has 2 heterocycles. The lowest BCUT2D eigenvalue weighted by Crippen LogP contribution is -2.43. The molecule has 1 aromatic carbocycles. The highest BCUT2D eigenvalue weighted by atomic mass is 16.6. The molecular formula is C19H24N2O3. The van der Waals surface area contributed by atoms with Crippen molar-refractivity contribution < 1.29 is 14.2 Å². The number of aromatic nitrogens is 1. The van der Waals surface area contributed by atoms with Crippen LogP contribution >= 0.6 is 0 Å². The molecule has 0 aliphatic carbocycles. The minimum absolute atomic E-state index is 0.0947. The fourth-order valence-corrected chi connectivity index (χ4v) is 2.79. The highest BCUT2D eigenvalue weighted by Gasteiger charge is 2.29. The number of benzene rings is 1. The molecule has 0 spiro atoms. The van der Waals surface area contributed by atoms with E-state index in [1.165, 1.54) is 0 Å². The molecule has 0 amide bonds. The van der Waals surface area contributed by atoms with Gasteiger partial charge in [-0.25, -0.2) is 0 Å². The van der Waals surface area contributed by atoms with Crippen molar-refractivity contribution in [3.63, 3.8) is 0 Å². The first kappa shape index (κ1) is 16.7. The Hall–Kier alpha value is -2.11. The molecule has 5 nitrogen and oxygen atoms in total. The van der Waals surface area contributed by atoms with Crippen LogP contribution in [-0.4, -0.2) is 37.4 Å². The van der Waals surface area contributed by atoms with Crippen molar-refractivity contribution in [1.29, 1.82) is 0 Å². The summed E-state index contributed by atoms with van der Waals surface area (Å²) in [6, 6.07) is 13.7. The number of rotatable bonds is 6. The van der Waals surface area contributed by atoms with Gasteiger partial charge in [0.25, 0.3) is 0 Å². The highest BCUT2D eigenvalue weighted by Crippen LogP contribution is 2.33. The lowest BCUT2D eigenvalue weighted by Gasteiger charge is -2.31. The second-order valence-corrected chi connectivity index (χ2v) is 5.74. The summed E-state index contributed by atoms with van der Waals surface area (Å²) >= 11 is 0. The van der Waals surface area contributed by atoms with Crippen LogP contribution in [0.3, 0.4) is 0 Å². The third-order valence-electron chi connectivity index (χ3n) is 3.90. The Morgan fingerprint density at radius 1 is 1.21 bits per heavy atom. The van der Waals surface area contributed by atoms with Crippen molar-refractivity contribution >= 4 is 0 Å². The smallest absolute Gasteiger partial charge is 0.168 e. The van der Waals surface area contributed by atoms with Crippen LogP contribution in [0.25, 0.3) is 0 Å². The number of hydrogen-bond acceptors (Lipinski definition) is 5. The number of nitrogens with zero attached hydrogens (tertiary/aromatic N) is 1. The Morgan fingerprint density at radius 3 is 2.75 bits per heavy atom. The van der Waals surface area contributed by atoms with E-state index < -0.39 is 0 Å². The zero-order valence-electron chi connectivity index (χ0n) is 14.2. The van der Waals surface area contributed by atoms with Gasteiger partial charge in [-0.1, -0.05) is 18.2 Å². The second kappa shape index (κ2) is 8.13. The summed E-state index contributed by atoms with van der Waals surface area (Å²) in [5.41, 5.74) is 1.83. The molecule has 2 aromatic rings. The molecular weight excluding hydrogens is 304 g/mol. The van der Waals surface area contributed by atoms with Crippen LogP contribution in [0.1, 0.15) is 24.4 Å². The number of morpholine rings is 1. The first-order chi connectivity index (χ1) is 11.8. The lowest BCUT2D eigenvalue weighted by molar-refractivity contribution is -0.0454. The Labute approximate surface area is 143 Å². The van der Waals surface area contributed by atoms with Crippen LogP contribution < -0.4 is 14.8 Å². The maximum atomic E-state index is 6.33. The number of aryl methyl sites for hydroxylation is 1. The van der Waals surface area contributed by atoms with Gasteiger partial charge >= 0.3 is 0 Å². The van der Waals surface area contributed by atoms with Crippen molar-refractivity contribution in [2.45, 2.75) is 26.1 Å². The van der Waals surface area contributed by atoms with Gasteiger partial charge in [0.15, 0.2) is 17.6 Å². The maximum Gasteiger partial charge on any atom is 0.168 e. The van der Waals surface area contributed by atoms with Crippen molar-refractivity contribution in [3.8, 4) is 11.5 Å². The van der Waals surface area contributed by atoms with E-state index in [1.54, 1.807) is 0 Å². The molecule has 24 heavy (non-hydrogen) atoms. The van der Waals surface area contributed by atoms with Gasteiger partial charge in [-0.05, 0) is 38.1 Å². The van der Waals surface area contributed by atoms with Crippen LogP contribution in [0.2, 0.25) is 0 Å². The summed E-state index contributed by atoms with van der Waals surface area (Å²) < 4.78 is 17.9. The van der Waals surface area contributed by atoms with Crippen LogP contribution in [0.15, 0.2) is 42.5 Å². The Morgan fingerprint density at radius 2 is 2.04 bits per heavy atom. The molecule has 5 heteroatoms. The SMILES string of the molecule is CCOc1ccccc1OC(c1cccc(C)n1)C1CNCCO1. The minimum atomic E-state index is -0.292. The molecule has 1 aromatic heterocycles. The van der Waals surface area contributed by atoms with Gasteiger partial charge < -0.3 is 19.5 Å². The number of hydrogen-bond donors (Lipinski definition) is 1. The first-order valence-electron chi connectivity index (χ1n) is 8.42. The summed E-state index contributed by atoms with van der Waals surface area (Å²) in [4.78, 5) is 4.65. The van der Waals surface area contributed by atoms with Crippen molar-refractivity contribution in [3.05, 3.63) is 53.9 Å². The van der Waals surface area contributed by atoms with Gasteiger partial charge in [-0.3, -0.25) is 4.98 Å². The van der Waals surface area contributed by atoms with E-state index in [0.717, 1.165) is 30.2 Å². The van der Waals surface area contributed by atoms with Crippen LogP contribution in [0.5, 0.6) is 11.5 Å². The number of pyridine rings is 1. The molecule has 1 N–H and O–H groups in total.